The van der Waals surface area contributed by atoms with E-state index < -0.39 is 0 Å². The lowest BCUT2D eigenvalue weighted by atomic mass is 10.2. The zero-order chi connectivity index (χ0) is 17.8. The molecular formula is C17H14Cl2N4O2. The first-order valence-corrected chi connectivity index (χ1v) is 8.13. The summed E-state index contributed by atoms with van der Waals surface area (Å²) in [4.78, 5) is 17.9. The molecule has 1 N–H and O–H groups in total. The molecule has 8 heteroatoms. The molecule has 2 aromatic carbocycles. The van der Waals surface area contributed by atoms with E-state index in [9.17, 15) is 4.79 Å². The van der Waals surface area contributed by atoms with Crippen molar-refractivity contribution in [2.75, 3.05) is 12.4 Å². The van der Waals surface area contributed by atoms with E-state index in [2.05, 4.69) is 15.5 Å². The maximum absolute atomic E-state index is 12.2. The summed E-state index contributed by atoms with van der Waals surface area (Å²) < 4.78 is 5.20. The van der Waals surface area contributed by atoms with Gasteiger partial charge >= 0.3 is 6.03 Å². The Morgan fingerprint density at radius 2 is 2.00 bits per heavy atom. The van der Waals surface area contributed by atoms with Crippen LogP contribution in [0.5, 0.6) is 0 Å². The van der Waals surface area contributed by atoms with Crippen molar-refractivity contribution >= 4 is 34.9 Å². The molecular weight excluding hydrogens is 363 g/mol. The van der Waals surface area contributed by atoms with Crippen LogP contribution in [0.4, 0.5) is 10.5 Å². The molecule has 3 aromatic rings. The van der Waals surface area contributed by atoms with Crippen molar-refractivity contribution < 1.29 is 9.32 Å². The Hall–Kier alpha value is -2.57. The van der Waals surface area contributed by atoms with Gasteiger partial charge in [-0.2, -0.15) is 4.98 Å². The molecule has 25 heavy (non-hydrogen) atoms. The van der Waals surface area contributed by atoms with Crippen molar-refractivity contribution in [2.45, 2.75) is 6.54 Å². The minimum absolute atomic E-state index is 0.157. The summed E-state index contributed by atoms with van der Waals surface area (Å²) in [7, 11) is 1.62. The van der Waals surface area contributed by atoms with Gasteiger partial charge in [-0.3, -0.25) is 0 Å². The van der Waals surface area contributed by atoms with E-state index in [1.165, 1.54) is 4.90 Å². The molecule has 0 aliphatic heterocycles. The lowest BCUT2D eigenvalue weighted by Crippen LogP contribution is -2.30. The van der Waals surface area contributed by atoms with E-state index in [0.717, 1.165) is 0 Å². The Bertz CT molecular complexity index is 898. The van der Waals surface area contributed by atoms with Crippen LogP contribution in [-0.2, 0) is 6.54 Å². The van der Waals surface area contributed by atoms with Crippen molar-refractivity contribution in [1.29, 1.82) is 0 Å². The summed E-state index contributed by atoms with van der Waals surface area (Å²) >= 11 is 12.0. The van der Waals surface area contributed by atoms with E-state index in [-0.39, 0.29) is 12.6 Å². The van der Waals surface area contributed by atoms with Gasteiger partial charge in [-0.05, 0) is 30.3 Å². The molecule has 6 nitrogen and oxygen atoms in total. The number of amides is 2. The molecule has 0 unspecified atom stereocenters. The number of nitrogens with one attached hydrogen (secondary N) is 1. The van der Waals surface area contributed by atoms with Crippen LogP contribution in [0.1, 0.15) is 5.89 Å². The molecule has 0 aliphatic rings. The molecule has 128 valence electrons. The van der Waals surface area contributed by atoms with Crippen LogP contribution in [0.2, 0.25) is 10.0 Å². The van der Waals surface area contributed by atoms with E-state index in [4.69, 9.17) is 27.7 Å². The van der Waals surface area contributed by atoms with Crippen LogP contribution < -0.4 is 5.32 Å². The minimum Gasteiger partial charge on any atom is -0.337 e. The number of benzene rings is 2. The fraction of sp³-hybridized carbons (Fsp3) is 0.118. The smallest absolute Gasteiger partial charge is 0.322 e. The van der Waals surface area contributed by atoms with Gasteiger partial charge in [0.15, 0.2) is 0 Å². The predicted molar refractivity (Wildman–Crippen MR) is 96.7 cm³/mol. The number of halogens is 2. The molecule has 3 rings (SSSR count). The second kappa shape index (κ2) is 7.55. The highest BCUT2D eigenvalue weighted by Gasteiger charge is 2.16. The third kappa shape index (κ3) is 4.29. The Balaban J connectivity index is 1.66. The first-order valence-electron chi connectivity index (χ1n) is 7.38. The van der Waals surface area contributed by atoms with Gasteiger partial charge in [0, 0.05) is 23.3 Å². The number of rotatable bonds is 4. The maximum Gasteiger partial charge on any atom is 0.322 e. The van der Waals surface area contributed by atoms with Crippen LogP contribution in [0.3, 0.4) is 0 Å². The lowest BCUT2D eigenvalue weighted by molar-refractivity contribution is 0.213. The van der Waals surface area contributed by atoms with Crippen molar-refractivity contribution in [1.82, 2.24) is 15.0 Å². The second-order valence-electron chi connectivity index (χ2n) is 5.29. The van der Waals surface area contributed by atoms with Gasteiger partial charge in [0.05, 0.1) is 5.02 Å². The third-order valence-electron chi connectivity index (χ3n) is 3.38. The quantitative estimate of drug-likeness (QED) is 0.715. The monoisotopic (exact) mass is 376 g/mol. The highest BCUT2D eigenvalue weighted by Crippen LogP contribution is 2.25. The minimum atomic E-state index is -0.320. The van der Waals surface area contributed by atoms with E-state index in [1.54, 1.807) is 43.4 Å². The van der Waals surface area contributed by atoms with Gasteiger partial charge in [-0.1, -0.05) is 46.6 Å². The average molecular weight is 377 g/mol. The first kappa shape index (κ1) is 17.3. The zero-order valence-corrected chi connectivity index (χ0v) is 14.8. The molecule has 0 spiro atoms. The Labute approximate surface area is 154 Å². The van der Waals surface area contributed by atoms with Gasteiger partial charge in [-0.25, -0.2) is 4.79 Å². The van der Waals surface area contributed by atoms with Gasteiger partial charge in [0.25, 0.3) is 0 Å². The van der Waals surface area contributed by atoms with Gasteiger partial charge in [0.2, 0.25) is 11.7 Å². The zero-order valence-electron chi connectivity index (χ0n) is 13.2. The molecule has 0 radical (unpaired) electrons. The normalized spacial score (nSPS) is 10.5. The largest absolute Gasteiger partial charge is 0.337 e. The van der Waals surface area contributed by atoms with Gasteiger partial charge < -0.3 is 14.7 Å². The molecule has 2 amide bonds. The molecule has 0 fully saturated rings. The van der Waals surface area contributed by atoms with Crippen molar-refractivity contribution in [3.8, 4) is 11.4 Å². The van der Waals surface area contributed by atoms with Crippen LogP contribution in [0.15, 0.2) is 53.1 Å². The maximum atomic E-state index is 12.2. The van der Waals surface area contributed by atoms with E-state index in [0.29, 0.717) is 33.0 Å². The van der Waals surface area contributed by atoms with Crippen LogP contribution in [-0.4, -0.2) is 28.1 Å². The summed E-state index contributed by atoms with van der Waals surface area (Å²) in [5.41, 5.74) is 1.27. The predicted octanol–water partition coefficient (Wildman–Crippen LogP) is 4.71. The number of carbonyl (C=O) groups is 1. The number of hydrogen-bond acceptors (Lipinski definition) is 4. The third-order valence-corrected chi connectivity index (χ3v) is 3.94. The highest BCUT2D eigenvalue weighted by molar-refractivity contribution is 6.33. The van der Waals surface area contributed by atoms with Crippen molar-refractivity contribution in [3.63, 3.8) is 0 Å². The van der Waals surface area contributed by atoms with E-state index >= 15 is 0 Å². The number of nitrogens with zero attached hydrogens (tertiary/aromatic N) is 3. The highest BCUT2D eigenvalue weighted by atomic mass is 35.5. The molecule has 0 saturated carbocycles. The van der Waals surface area contributed by atoms with E-state index in [1.807, 2.05) is 12.1 Å². The van der Waals surface area contributed by atoms with Gasteiger partial charge in [-0.15, -0.1) is 0 Å². The number of anilines is 1. The summed E-state index contributed by atoms with van der Waals surface area (Å²) in [5, 5.41) is 7.72. The topological polar surface area (TPSA) is 71.3 Å². The Kier molecular flexibility index (Phi) is 5.21. The number of carbonyl (C=O) groups excluding carboxylic acids is 1. The van der Waals surface area contributed by atoms with Crippen LogP contribution >= 0.6 is 23.2 Å². The fourth-order valence-electron chi connectivity index (χ4n) is 2.13. The second-order valence-corrected chi connectivity index (χ2v) is 6.13. The molecule has 0 aliphatic carbocycles. The summed E-state index contributed by atoms with van der Waals surface area (Å²) in [6, 6.07) is 13.8. The summed E-state index contributed by atoms with van der Waals surface area (Å²) in [6.07, 6.45) is 0. The number of aromatic nitrogens is 2. The summed E-state index contributed by atoms with van der Waals surface area (Å²) in [5.74, 6) is 0.683. The van der Waals surface area contributed by atoms with Crippen molar-refractivity contribution in [3.05, 3.63) is 64.5 Å². The molecule has 1 heterocycles. The van der Waals surface area contributed by atoms with Crippen molar-refractivity contribution in [2.24, 2.45) is 0 Å². The molecule has 0 atom stereocenters. The summed E-state index contributed by atoms with van der Waals surface area (Å²) in [6.45, 7) is 0.157. The van der Waals surface area contributed by atoms with Gasteiger partial charge in [0.1, 0.15) is 6.54 Å². The standard InChI is InChI=1S/C17H14Cl2N4O2/c1-23(17(24)20-12-6-4-5-11(18)9-12)10-15-21-16(22-25-15)13-7-2-3-8-14(13)19/h2-9H,10H2,1H3,(H,20,24). The van der Waals surface area contributed by atoms with Crippen LogP contribution in [0.25, 0.3) is 11.4 Å². The molecule has 1 aromatic heterocycles. The SMILES string of the molecule is CN(Cc1nc(-c2ccccc2Cl)no1)C(=O)Nc1cccc(Cl)c1. The lowest BCUT2D eigenvalue weighted by Gasteiger charge is -2.15. The van der Waals surface area contributed by atoms with Crippen LogP contribution in [0, 0.1) is 0 Å². The number of urea groups is 1. The molecule has 0 bridgehead atoms. The Morgan fingerprint density at radius 1 is 1.20 bits per heavy atom. The number of hydrogen-bond donors (Lipinski definition) is 1. The Morgan fingerprint density at radius 3 is 2.76 bits per heavy atom. The average Bonchev–Trinajstić information content (AvgIpc) is 3.03. The molecule has 0 saturated heterocycles. The fourth-order valence-corrected chi connectivity index (χ4v) is 2.54. The first-order chi connectivity index (χ1) is 12.0.